The molecule has 0 aromatic heterocycles. The fraction of sp³-hybridized carbons (Fsp3) is 0.318. The maximum atomic E-state index is 12.4. The molecule has 2 aromatic rings. The Balaban J connectivity index is 2.02. The quantitative estimate of drug-likeness (QED) is 0.479. The van der Waals surface area contributed by atoms with Gasteiger partial charge in [0, 0.05) is 7.11 Å². The minimum Gasteiger partial charge on any atom is -0.445 e. The van der Waals surface area contributed by atoms with Crippen molar-refractivity contribution in [3.63, 3.8) is 0 Å². The number of rotatable bonds is 11. The summed E-state index contributed by atoms with van der Waals surface area (Å²) in [5.74, 6) is 0. The molecular weight excluding hydrogens is 342 g/mol. The second kappa shape index (κ2) is 11.9. The second-order valence-corrected chi connectivity index (χ2v) is 6.14. The van der Waals surface area contributed by atoms with Gasteiger partial charge in [-0.15, -0.1) is 6.58 Å². The van der Waals surface area contributed by atoms with E-state index in [1.54, 1.807) is 13.2 Å². The number of carbonyl (C=O) groups is 1. The standard InChI is InChI=1S/C22H27NO4/c1-3-10-21(27-17-25-2)20(15-18-11-6-4-7-12-18)23-22(24)26-16-19-13-8-5-9-14-19/h3-9,11-14,20-21H,1,10,15-17H2,2H3,(H,23,24)/t20-,21+/m0/s1. The number of hydrogen-bond donors (Lipinski definition) is 1. The van der Waals surface area contributed by atoms with Gasteiger partial charge in [0.15, 0.2) is 0 Å². The highest BCUT2D eigenvalue weighted by molar-refractivity contribution is 5.67. The number of nitrogens with one attached hydrogen (secondary N) is 1. The molecule has 144 valence electrons. The highest BCUT2D eigenvalue weighted by Crippen LogP contribution is 2.13. The van der Waals surface area contributed by atoms with Crippen LogP contribution in [0.25, 0.3) is 0 Å². The van der Waals surface area contributed by atoms with E-state index in [1.807, 2.05) is 60.7 Å². The Morgan fingerprint density at radius 2 is 1.70 bits per heavy atom. The Morgan fingerprint density at radius 3 is 2.30 bits per heavy atom. The lowest BCUT2D eigenvalue weighted by molar-refractivity contribution is -0.0815. The first kappa shape index (κ1) is 20.7. The molecule has 2 aromatic carbocycles. The molecule has 0 aliphatic heterocycles. The van der Waals surface area contributed by atoms with Crippen molar-refractivity contribution in [3.05, 3.63) is 84.4 Å². The Kier molecular flexibility index (Phi) is 9.10. The predicted molar refractivity (Wildman–Crippen MR) is 105 cm³/mol. The number of carbonyl (C=O) groups excluding carboxylic acids is 1. The summed E-state index contributed by atoms with van der Waals surface area (Å²) in [6.45, 7) is 4.15. The molecule has 2 atom stereocenters. The van der Waals surface area contributed by atoms with Crippen LogP contribution in [0.5, 0.6) is 0 Å². The molecule has 5 heteroatoms. The fourth-order valence-corrected chi connectivity index (χ4v) is 2.73. The molecule has 0 aliphatic carbocycles. The van der Waals surface area contributed by atoms with E-state index in [-0.39, 0.29) is 25.5 Å². The van der Waals surface area contributed by atoms with Crippen molar-refractivity contribution in [3.8, 4) is 0 Å². The lowest BCUT2D eigenvalue weighted by Crippen LogP contribution is -2.46. The van der Waals surface area contributed by atoms with Crippen molar-refractivity contribution in [2.24, 2.45) is 0 Å². The Hall–Kier alpha value is -2.63. The van der Waals surface area contributed by atoms with Gasteiger partial charge in [-0.05, 0) is 24.0 Å². The maximum absolute atomic E-state index is 12.4. The van der Waals surface area contributed by atoms with Crippen LogP contribution in [-0.4, -0.2) is 32.1 Å². The number of methoxy groups -OCH3 is 1. The minimum absolute atomic E-state index is 0.143. The SMILES string of the molecule is C=CC[C@@H](OCOC)[C@H](Cc1ccccc1)NC(=O)OCc1ccccc1. The van der Waals surface area contributed by atoms with Gasteiger partial charge in [-0.25, -0.2) is 4.79 Å². The van der Waals surface area contributed by atoms with E-state index < -0.39 is 6.09 Å². The third kappa shape index (κ3) is 7.64. The molecule has 1 N–H and O–H groups in total. The molecule has 0 unspecified atom stereocenters. The topological polar surface area (TPSA) is 56.8 Å². The molecule has 0 spiro atoms. The smallest absolute Gasteiger partial charge is 0.407 e. The number of hydrogen-bond acceptors (Lipinski definition) is 4. The molecule has 0 heterocycles. The molecule has 0 fully saturated rings. The fourth-order valence-electron chi connectivity index (χ4n) is 2.73. The largest absolute Gasteiger partial charge is 0.445 e. The molecule has 0 bridgehead atoms. The average Bonchev–Trinajstić information content (AvgIpc) is 2.71. The summed E-state index contributed by atoms with van der Waals surface area (Å²) in [5.41, 5.74) is 2.03. The zero-order valence-corrected chi connectivity index (χ0v) is 15.7. The van der Waals surface area contributed by atoms with Crippen LogP contribution in [-0.2, 0) is 27.2 Å². The van der Waals surface area contributed by atoms with E-state index in [1.165, 1.54) is 0 Å². The van der Waals surface area contributed by atoms with Gasteiger partial charge in [-0.3, -0.25) is 0 Å². The third-order valence-corrected chi connectivity index (χ3v) is 4.06. The average molecular weight is 369 g/mol. The van der Waals surface area contributed by atoms with E-state index in [4.69, 9.17) is 14.2 Å². The monoisotopic (exact) mass is 369 g/mol. The molecule has 0 aliphatic rings. The summed E-state index contributed by atoms with van der Waals surface area (Å²) in [6, 6.07) is 19.2. The Labute approximate surface area is 161 Å². The number of ether oxygens (including phenoxy) is 3. The lowest BCUT2D eigenvalue weighted by atomic mass is 9.99. The second-order valence-electron chi connectivity index (χ2n) is 6.14. The zero-order valence-electron chi connectivity index (χ0n) is 15.7. The molecule has 0 saturated carbocycles. The van der Waals surface area contributed by atoms with Crippen LogP contribution in [0.2, 0.25) is 0 Å². The summed E-state index contributed by atoms with van der Waals surface area (Å²) in [4.78, 5) is 12.4. The minimum atomic E-state index is -0.477. The van der Waals surface area contributed by atoms with Crippen molar-refractivity contribution in [2.45, 2.75) is 31.6 Å². The van der Waals surface area contributed by atoms with Gasteiger partial charge < -0.3 is 19.5 Å². The van der Waals surface area contributed by atoms with E-state index >= 15 is 0 Å². The van der Waals surface area contributed by atoms with E-state index in [0.29, 0.717) is 12.8 Å². The van der Waals surface area contributed by atoms with Crippen molar-refractivity contribution >= 4 is 6.09 Å². The van der Waals surface area contributed by atoms with E-state index in [2.05, 4.69) is 11.9 Å². The number of amides is 1. The molecule has 1 amide bonds. The van der Waals surface area contributed by atoms with Gasteiger partial charge in [-0.1, -0.05) is 66.7 Å². The van der Waals surface area contributed by atoms with E-state index in [0.717, 1.165) is 11.1 Å². The summed E-state index contributed by atoms with van der Waals surface area (Å²) < 4.78 is 16.2. The molecule has 0 saturated heterocycles. The van der Waals surface area contributed by atoms with Gasteiger partial charge >= 0.3 is 6.09 Å². The normalized spacial score (nSPS) is 12.8. The van der Waals surface area contributed by atoms with Gasteiger partial charge in [-0.2, -0.15) is 0 Å². The Bertz CT molecular complexity index is 675. The molecule has 2 rings (SSSR count). The van der Waals surface area contributed by atoms with Gasteiger partial charge in [0.25, 0.3) is 0 Å². The first-order valence-corrected chi connectivity index (χ1v) is 8.95. The molecular formula is C22H27NO4. The molecule has 27 heavy (non-hydrogen) atoms. The highest BCUT2D eigenvalue weighted by Gasteiger charge is 2.24. The van der Waals surface area contributed by atoms with Crippen molar-refractivity contribution in [2.75, 3.05) is 13.9 Å². The Morgan fingerprint density at radius 1 is 1.07 bits per heavy atom. The van der Waals surface area contributed by atoms with E-state index in [9.17, 15) is 4.79 Å². The van der Waals surface area contributed by atoms with Crippen molar-refractivity contribution < 1.29 is 19.0 Å². The van der Waals surface area contributed by atoms with Crippen LogP contribution in [0.1, 0.15) is 17.5 Å². The lowest BCUT2D eigenvalue weighted by Gasteiger charge is -2.27. The van der Waals surface area contributed by atoms with Gasteiger partial charge in [0.05, 0.1) is 12.1 Å². The van der Waals surface area contributed by atoms with Crippen LogP contribution in [0.15, 0.2) is 73.3 Å². The third-order valence-electron chi connectivity index (χ3n) is 4.06. The van der Waals surface area contributed by atoms with Crippen LogP contribution in [0, 0.1) is 0 Å². The van der Waals surface area contributed by atoms with Gasteiger partial charge in [0.1, 0.15) is 13.4 Å². The zero-order chi connectivity index (χ0) is 19.3. The first-order valence-electron chi connectivity index (χ1n) is 8.95. The van der Waals surface area contributed by atoms with Crippen molar-refractivity contribution in [1.29, 1.82) is 0 Å². The summed E-state index contributed by atoms with van der Waals surface area (Å²) in [7, 11) is 1.57. The van der Waals surface area contributed by atoms with Crippen LogP contribution < -0.4 is 5.32 Å². The number of benzene rings is 2. The predicted octanol–water partition coefficient (Wildman–Crippen LogP) is 4.09. The van der Waals surface area contributed by atoms with Gasteiger partial charge in [0.2, 0.25) is 0 Å². The summed E-state index contributed by atoms with van der Waals surface area (Å²) in [6.07, 6.45) is 2.22. The summed E-state index contributed by atoms with van der Waals surface area (Å²) in [5, 5.41) is 2.94. The maximum Gasteiger partial charge on any atom is 0.407 e. The number of alkyl carbamates (subject to hydrolysis) is 1. The molecule has 0 radical (unpaired) electrons. The molecule has 5 nitrogen and oxygen atoms in total. The van der Waals surface area contributed by atoms with Crippen LogP contribution >= 0.6 is 0 Å². The van der Waals surface area contributed by atoms with Crippen molar-refractivity contribution in [1.82, 2.24) is 5.32 Å². The van der Waals surface area contributed by atoms with Crippen LogP contribution in [0.4, 0.5) is 4.79 Å². The highest BCUT2D eigenvalue weighted by atomic mass is 16.7. The first-order chi connectivity index (χ1) is 13.2. The van der Waals surface area contributed by atoms with Crippen LogP contribution in [0.3, 0.4) is 0 Å². The summed E-state index contributed by atoms with van der Waals surface area (Å²) >= 11 is 0.